The molecule has 0 heterocycles. The minimum absolute atomic E-state index is 0.0986. The summed E-state index contributed by atoms with van der Waals surface area (Å²) in [6.45, 7) is 0. The summed E-state index contributed by atoms with van der Waals surface area (Å²) in [7, 11) is 3.51. The summed E-state index contributed by atoms with van der Waals surface area (Å²) in [5.74, 6) is 2.76. The second-order valence-corrected chi connectivity index (χ2v) is 3.82. The molecule has 1 aromatic rings. The number of hydrogen-bond acceptors (Lipinski definition) is 2. The second kappa shape index (κ2) is 5.00. The van der Waals surface area contributed by atoms with Crippen molar-refractivity contribution in [2.24, 2.45) is 0 Å². The lowest BCUT2D eigenvalue weighted by Crippen LogP contribution is -2.07. The molecule has 0 bridgehead atoms. The predicted molar refractivity (Wildman–Crippen MR) is 61.0 cm³/mol. The molecule has 0 saturated carbocycles. The molecule has 0 unspecified atom stereocenters. The smallest absolute Gasteiger partial charge is 0.399 e. The molecular weight excluding hydrogens is 229 g/mol. The Morgan fingerprint density at radius 2 is 1.88 bits per heavy atom. The highest BCUT2D eigenvalue weighted by molar-refractivity contribution is 5.46. The average molecular weight is 242 g/mol. The van der Waals surface area contributed by atoms with E-state index in [4.69, 9.17) is 5.73 Å². The standard InChI is InChI=1S/C12H13F3N2/c1-17(2)5-3-4-9-6-10(12(13,14)15)8-11(16)7-9/h6-8H,4,16H2,1-2H3. The van der Waals surface area contributed by atoms with E-state index in [1.54, 1.807) is 19.0 Å². The van der Waals surface area contributed by atoms with Gasteiger partial charge in [-0.05, 0) is 23.8 Å². The number of halogens is 3. The molecule has 0 aliphatic rings. The van der Waals surface area contributed by atoms with Gasteiger partial charge in [0.15, 0.2) is 0 Å². The Hall–Kier alpha value is -1.83. The molecule has 2 nitrogen and oxygen atoms in total. The summed E-state index contributed by atoms with van der Waals surface area (Å²) in [6, 6.07) is 6.22. The Balaban J connectivity index is 2.96. The van der Waals surface area contributed by atoms with Crippen LogP contribution in [0.25, 0.3) is 0 Å². The fourth-order valence-corrected chi connectivity index (χ4v) is 1.28. The minimum Gasteiger partial charge on any atom is -0.399 e. The van der Waals surface area contributed by atoms with Crippen molar-refractivity contribution >= 4 is 5.69 Å². The number of hydrogen-bond donors (Lipinski definition) is 1. The van der Waals surface area contributed by atoms with Crippen LogP contribution in [-0.2, 0) is 12.6 Å². The van der Waals surface area contributed by atoms with Crippen molar-refractivity contribution in [3.8, 4) is 12.0 Å². The highest BCUT2D eigenvalue weighted by atomic mass is 19.4. The van der Waals surface area contributed by atoms with Crippen LogP contribution in [0.15, 0.2) is 18.2 Å². The molecule has 1 aromatic carbocycles. The molecule has 0 atom stereocenters. The van der Waals surface area contributed by atoms with E-state index in [0.29, 0.717) is 5.56 Å². The minimum atomic E-state index is -4.38. The van der Waals surface area contributed by atoms with Crippen LogP contribution in [0.2, 0.25) is 0 Å². The van der Waals surface area contributed by atoms with E-state index in [1.165, 1.54) is 6.07 Å². The van der Waals surface area contributed by atoms with Gasteiger partial charge in [-0.1, -0.05) is 5.92 Å². The maximum Gasteiger partial charge on any atom is 0.416 e. The van der Waals surface area contributed by atoms with Crippen molar-refractivity contribution in [2.75, 3.05) is 19.8 Å². The average Bonchev–Trinajstić information content (AvgIpc) is 2.14. The lowest BCUT2D eigenvalue weighted by molar-refractivity contribution is -0.137. The van der Waals surface area contributed by atoms with Gasteiger partial charge in [-0.2, -0.15) is 13.2 Å². The van der Waals surface area contributed by atoms with Crippen LogP contribution < -0.4 is 5.73 Å². The van der Waals surface area contributed by atoms with Gasteiger partial charge in [0.2, 0.25) is 0 Å². The van der Waals surface area contributed by atoms with Gasteiger partial charge in [-0.15, -0.1) is 0 Å². The van der Waals surface area contributed by atoms with Crippen molar-refractivity contribution in [1.82, 2.24) is 4.90 Å². The van der Waals surface area contributed by atoms with Crippen molar-refractivity contribution in [2.45, 2.75) is 12.6 Å². The highest BCUT2D eigenvalue weighted by Crippen LogP contribution is 2.31. The van der Waals surface area contributed by atoms with Crippen molar-refractivity contribution in [3.05, 3.63) is 29.3 Å². The Bertz CT molecular complexity index is 453. The second-order valence-electron chi connectivity index (χ2n) is 3.82. The lowest BCUT2D eigenvalue weighted by atomic mass is 10.1. The largest absolute Gasteiger partial charge is 0.416 e. The van der Waals surface area contributed by atoms with Gasteiger partial charge < -0.3 is 10.6 Å². The van der Waals surface area contributed by atoms with Gasteiger partial charge >= 0.3 is 6.18 Å². The molecule has 0 aliphatic carbocycles. The molecule has 17 heavy (non-hydrogen) atoms. The van der Waals surface area contributed by atoms with Crippen LogP contribution >= 0.6 is 0 Å². The molecule has 0 radical (unpaired) electrons. The van der Waals surface area contributed by atoms with Gasteiger partial charge in [0.1, 0.15) is 0 Å². The molecule has 0 aromatic heterocycles. The zero-order valence-electron chi connectivity index (χ0n) is 9.60. The number of anilines is 1. The summed E-state index contributed by atoms with van der Waals surface area (Å²) in [6.07, 6.45) is -4.13. The Labute approximate surface area is 98.2 Å². The Morgan fingerprint density at radius 3 is 2.41 bits per heavy atom. The van der Waals surface area contributed by atoms with Crippen LogP contribution in [0, 0.1) is 12.0 Å². The Kier molecular flexibility index (Phi) is 3.89. The molecule has 0 aliphatic heterocycles. The molecule has 0 saturated heterocycles. The van der Waals surface area contributed by atoms with Crippen molar-refractivity contribution in [1.29, 1.82) is 0 Å². The topological polar surface area (TPSA) is 29.3 Å². The quantitative estimate of drug-likeness (QED) is 0.465. The molecule has 2 N–H and O–H groups in total. The molecule has 92 valence electrons. The number of nitrogen functional groups attached to an aromatic ring is 1. The maximum atomic E-state index is 12.5. The highest BCUT2D eigenvalue weighted by Gasteiger charge is 2.30. The Morgan fingerprint density at radius 1 is 1.24 bits per heavy atom. The predicted octanol–water partition coefficient (Wildman–Crippen LogP) is 2.35. The summed E-state index contributed by atoms with van der Waals surface area (Å²) in [4.78, 5) is 1.64. The number of nitrogens with zero attached hydrogens (tertiary/aromatic N) is 1. The molecule has 0 amide bonds. The summed E-state index contributed by atoms with van der Waals surface area (Å²) in [5, 5.41) is 0. The number of rotatable bonds is 1. The zero-order chi connectivity index (χ0) is 13.1. The normalized spacial score (nSPS) is 10.6. The third kappa shape index (κ3) is 4.27. The van der Waals surface area contributed by atoms with Crippen LogP contribution in [0.3, 0.4) is 0 Å². The SMILES string of the molecule is CN(C)C#CCc1cc(N)cc(C(F)(F)F)c1. The number of alkyl halides is 3. The van der Waals surface area contributed by atoms with Crippen LogP contribution in [0.5, 0.6) is 0 Å². The summed E-state index contributed by atoms with van der Waals surface area (Å²) < 4.78 is 37.5. The molecule has 0 spiro atoms. The van der Waals surface area contributed by atoms with Crippen LogP contribution in [0.4, 0.5) is 18.9 Å². The first-order chi connectivity index (χ1) is 7.79. The third-order valence-electron chi connectivity index (χ3n) is 1.94. The van der Waals surface area contributed by atoms with Crippen LogP contribution in [0.1, 0.15) is 11.1 Å². The molecule has 5 heteroatoms. The van der Waals surface area contributed by atoms with E-state index in [9.17, 15) is 13.2 Å². The fourth-order valence-electron chi connectivity index (χ4n) is 1.28. The van der Waals surface area contributed by atoms with E-state index in [1.807, 2.05) is 0 Å². The van der Waals surface area contributed by atoms with Gasteiger partial charge in [0.25, 0.3) is 0 Å². The van der Waals surface area contributed by atoms with Gasteiger partial charge in [-0.3, -0.25) is 0 Å². The zero-order valence-corrected chi connectivity index (χ0v) is 9.60. The fraction of sp³-hybridized carbons (Fsp3) is 0.333. The van der Waals surface area contributed by atoms with Crippen molar-refractivity contribution in [3.63, 3.8) is 0 Å². The van der Waals surface area contributed by atoms with E-state index >= 15 is 0 Å². The molecule has 1 rings (SSSR count). The molecular formula is C12H13F3N2. The van der Waals surface area contributed by atoms with Gasteiger partial charge in [-0.25, -0.2) is 0 Å². The van der Waals surface area contributed by atoms with Gasteiger partial charge in [0, 0.05) is 32.2 Å². The lowest BCUT2D eigenvalue weighted by Gasteiger charge is -2.09. The first-order valence-electron chi connectivity index (χ1n) is 4.91. The number of benzene rings is 1. The van der Waals surface area contributed by atoms with Crippen molar-refractivity contribution < 1.29 is 13.2 Å². The summed E-state index contributed by atoms with van der Waals surface area (Å²) in [5.41, 5.74) is 5.26. The van der Waals surface area contributed by atoms with E-state index in [0.717, 1.165) is 12.1 Å². The van der Waals surface area contributed by atoms with E-state index < -0.39 is 11.7 Å². The van der Waals surface area contributed by atoms with E-state index in [2.05, 4.69) is 12.0 Å². The molecule has 0 fully saturated rings. The monoisotopic (exact) mass is 242 g/mol. The summed E-state index contributed by atoms with van der Waals surface area (Å²) >= 11 is 0. The first kappa shape index (κ1) is 13.2. The first-order valence-corrected chi connectivity index (χ1v) is 4.91. The number of nitrogens with two attached hydrogens (primary N) is 1. The third-order valence-corrected chi connectivity index (χ3v) is 1.94. The van der Waals surface area contributed by atoms with Crippen LogP contribution in [-0.4, -0.2) is 19.0 Å². The maximum absolute atomic E-state index is 12.5. The van der Waals surface area contributed by atoms with Gasteiger partial charge in [0.05, 0.1) is 5.56 Å². The van der Waals surface area contributed by atoms with E-state index in [-0.39, 0.29) is 12.1 Å².